The molecular weight excluding hydrogens is 242 g/mol. The van der Waals surface area contributed by atoms with Crippen LogP contribution >= 0.6 is 0 Å². The Morgan fingerprint density at radius 1 is 0.684 bits per heavy atom. The van der Waals surface area contributed by atoms with Crippen LogP contribution in [0.25, 0.3) is 0 Å². The first-order valence-corrected chi connectivity index (χ1v) is 7.09. The van der Waals surface area contributed by atoms with Gasteiger partial charge in [0.1, 0.15) is 11.6 Å². The fraction of sp³-hybridized carbons (Fsp3) is 0.647. The molecule has 0 unspecified atom stereocenters. The van der Waals surface area contributed by atoms with E-state index in [1.807, 2.05) is 41.5 Å². The minimum atomic E-state index is -0.508. The average molecular weight is 266 g/mol. The highest BCUT2D eigenvalue weighted by Crippen LogP contribution is 2.42. The van der Waals surface area contributed by atoms with Crippen molar-refractivity contribution in [3.8, 4) is 0 Å². The molecule has 0 fully saturated rings. The molecule has 0 bridgehead atoms. The molecule has 0 saturated heterocycles. The van der Waals surface area contributed by atoms with Crippen molar-refractivity contribution >= 4 is 0 Å². The number of hydrogen-bond donors (Lipinski definition) is 0. The standard InChI is InChI=1S/C17H24F2/c1-16(2,3)12-10-8-7-9-11(10)14(18)13(15(12)19)17(4,5)6/h7-9H2,1-6H3. The summed E-state index contributed by atoms with van der Waals surface area (Å²) in [5.74, 6) is -0.622. The fourth-order valence-corrected chi connectivity index (χ4v) is 3.21. The topological polar surface area (TPSA) is 0 Å². The van der Waals surface area contributed by atoms with Crippen LogP contribution in [-0.4, -0.2) is 0 Å². The minimum absolute atomic E-state index is 0.262. The molecule has 0 aromatic heterocycles. The molecule has 2 rings (SSSR count). The quantitative estimate of drug-likeness (QED) is 0.616. The predicted octanol–water partition coefficient (Wildman–Crippen LogP) is 5.05. The van der Waals surface area contributed by atoms with E-state index in [1.165, 1.54) is 0 Å². The third kappa shape index (κ3) is 2.30. The van der Waals surface area contributed by atoms with Crippen molar-refractivity contribution in [2.75, 3.05) is 0 Å². The number of rotatable bonds is 0. The van der Waals surface area contributed by atoms with E-state index >= 15 is 0 Å². The Kier molecular flexibility index (Phi) is 3.27. The van der Waals surface area contributed by atoms with Crippen LogP contribution in [0.5, 0.6) is 0 Å². The molecule has 0 saturated carbocycles. The van der Waals surface area contributed by atoms with Gasteiger partial charge in [-0.25, -0.2) is 8.78 Å². The molecule has 2 heteroatoms. The van der Waals surface area contributed by atoms with E-state index in [9.17, 15) is 8.78 Å². The number of fused-ring (bicyclic) bond motifs is 1. The van der Waals surface area contributed by atoms with Gasteiger partial charge in [-0.2, -0.15) is 0 Å². The van der Waals surface area contributed by atoms with Gasteiger partial charge in [-0.3, -0.25) is 0 Å². The lowest BCUT2D eigenvalue weighted by Gasteiger charge is -2.30. The van der Waals surface area contributed by atoms with Crippen molar-refractivity contribution in [1.29, 1.82) is 0 Å². The summed E-state index contributed by atoms with van der Waals surface area (Å²) in [5.41, 5.74) is 1.88. The summed E-state index contributed by atoms with van der Waals surface area (Å²) in [6.07, 6.45) is 2.48. The van der Waals surface area contributed by atoms with Crippen LogP contribution in [-0.2, 0) is 23.7 Å². The number of hydrogen-bond acceptors (Lipinski definition) is 0. The SMILES string of the molecule is CC(C)(C)c1c(F)c2c(c(C(C)(C)C)c1F)CCC2. The van der Waals surface area contributed by atoms with Crippen LogP contribution < -0.4 is 0 Å². The van der Waals surface area contributed by atoms with Gasteiger partial charge in [0.15, 0.2) is 0 Å². The zero-order chi connectivity index (χ0) is 14.6. The molecule has 0 nitrogen and oxygen atoms in total. The zero-order valence-electron chi connectivity index (χ0n) is 12.9. The van der Waals surface area contributed by atoms with Crippen LogP contribution in [0.2, 0.25) is 0 Å². The van der Waals surface area contributed by atoms with E-state index in [4.69, 9.17) is 0 Å². The van der Waals surface area contributed by atoms with Crippen molar-refractivity contribution in [2.45, 2.75) is 71.6 Å². The molecule has 1 aromatic carbocycles. The molecule has 1 aliphatic rings. The minimum Gasteiger partial charge on any atom is -0.206 e. The molecule has 0 amide bonds. The normalized spacial score (nSPS) is 15.8. The molecular formula is C17H24F2. The van der Waals surface area contributed by atoms with Gasteiger partial charge in [0.25, 0.3) is 0 Å². The molecule has 1 aromatic rings. The molecule has 0 aliphatic heterocycles. The van der Waals surface area contributed by atoms with Crippen molar-refractivity contribution in [1.82, 2.24) is 0 Å². The summed E-state index contributed by atoms with van der Waals surface area (Å²) in [6.45, 7) is 11.7. The largest absolute Gasteiger partial charge is 0.206 e. The summed E-state index contributed by atoms with van der Waals surface area (Å²) < 4.78 is 29.6. The van der Waals surface area contributed by atoms with Gasteiger partial charge >= 0.3 is 0 Å². The van der Waals surface area contributed by atoms with E-state index in [-0.39, 0.29) is 22.6 Å². The highest BCUT2D eigenvalue weighted by atomic mass is 19.1. The van der Waals surface area contributed by atoms with Gasteiger partial charge in [0.05, 0.1) is 0 Å². The van der Waals surface area contributed by atoms with E-state index in [2.05, 4.69) is 0 Å². The van der Waals surface area contributed by atoms with Crippen molar-refractivity contribution < 1.29 is 8.78 Å². The maximum Gasteiger partial charge on any atom is 0.133 e. The monoisotopic (exact) mass is 266 g/mol. The zero-order valence-corrected chi connectivity index (χ0v) is 12.9. The van der Waals surface area contributed by atoms with Crippen LogP contribution in [0.1, 0.15) is 70.2 Å². The molecule has 0 atom stereocenters. The second-order valence-electron chi connectivity index (χ2n) is 7.69. The lowest BCUT2D eigenvalue weighted by molar-refractivity contribution is 0.445. The Hall–Kier alpha value is -0.920. The predicted molar refractivity (Wildman–Crippen MR) is 75.8 cm³/mol. The second kappa shape index (κ2) is 4.29. The fourth-order valence-electron chi connectivity index (χ4n) is 3.21. The Morgan fingerprint density at radius 2 is 1.16 bits per heavy atom. The lowest BCUT2D eigenvalue weighted by Crippen LogP contribution is -2.24. The van der Waals surface area contributed by atoms with Crippen LogP contribution in [0.15, 0.2) is 0 Å². The molecule has 1 aliphatic carbocycles. The van der Waals surface area contributed by atoms with Gasteiger partial charge in [0, 0.05) is 5.56 Å². The van der Waals surface area contributed by atoms with Crippen LogP contribution in [0, 0.1) is 11.6 Å². The van der Waals surface area contributed by atoms with Gasteiger partial charge < -0.3 is 0 Å². The van der Waals surface area contributed by atoms with E-state index < -0.39 is 5.41 Å². The first-order valence-electron chi connectivity index (χ1n) is 7.09. The molecule has 0 N–H and O–H groups in total. The Balaban J connectivity index is 2.87. The Morgan fingerprint density at radius 3 is 1.63 bits per heavy atom. The van der Waals surface area contributed by atoms with E-state index in [1.54, 1.807) is 0 Å². The Labute approximate surface area is 115 Å². The highest BCUT2D eigenvalue weighted by Gasteiger charge is 2.35. The van der Waals surface area contributed by atoms with Crippen LogP contribution in [0.3, 0.4) is 0 Å². The van der Waals surface area contributed by atoms with Gasteiger partial charge in [0.2, 0.25) is 0 Å². The molecule has 0 spiro atoms. The van der Waals surface area contributed by atoms with E-state index in [0.29, 0.717) is 0 Å². The third-order valence-corrected chi connectivity index (χ3v) is 3.94. The first kappa shape index (κ1) is 14.5. The maximum absolute atomic E-state index is 14.9. The second-order valence-corrected chi connectivity index (χ2v) is 7.69. The van der Waals surface area contributed by atoms with Gasteiger partial charge in [-0.05, 0) is 46.8 Å². The average Bonchev–Trinajstić information content (AvgIpc) is 2.61. The Bertz CT molecular complexity index is 514. The van der Waals surface area contributed by atoms with E-state index in [0.717, 1.165) is 36.0 Å². The summed E-state index contributed by atoms with van der Waals surface area (Å²) in [7, 11) is 0. The van der Waals surface area contributed by atoms with Gasteiger partial charge in [-0.15, -0.1) is 0 Å². The third-order valence-electron chi connectivity index (χ3n) is 3.94. The van der Waals surface area contributed by atoms with Crippen LogP contribution in [0.4, 0.5) is 8.78 Å². The summed E-state index contributed by atoms with van der Waals surface area (Å²) >= 11 is 0. The van der Waals surface area contributed by atoms with Crippen molar-refractivity contribution in [3.05, 3.63) is 33.9 Å². The molecule has 19 heavy (non-hydrogen) atoms. The summed E-state index contributed by atoms with van der Waals surface area (Å²) in [4.78, 5) is 0. The lowest BCUT2D eigenvalue weighted by atomic mass is 9.76. The van der Waals surface area contributed by atoms with Gasteiger partial charge in [-0.1, -0.05) is 41.5 Å². The van der Waals surface area contributed by atoms with Crippen molar-refractivity contribution in [3.63, 3.8) is 0 Å². The first-order chi connectivity index (χ1) is 8.55. The smallest absolute Gasteiger partial charge is 0.133 e. The summed E-state index contributed by atoms with van der Waals surface area (Å²) in [6, 6.07) is 0. The van der Waals surface area contributed by atoms with Crippen molar-refractivity contribution in [2.24, 2.45) is 0 Å². The summed E-state index contributed by atoms with van der Waals surface area (Å²) in [5, 5.41) is 0. The highest BCUT2D eigenvalue weighted by molar-refractivity contribution is 5.49. The molecule has 0 radical (unpaired) electrons. The molecule has 106 valence electrons. The number of benzene rings is 1. The molecule has 0 heterocycles. The maximum atomic E-state index is 14.9. The number of halogens is 2.